The van der Waals surface area contributed by atoms with Gasteiger partial charge < -0.3 is 10.6 Å². The molecular formula is C13H15N3O2S. The van der Waals surface area contributed by atoms with Gasteiger partial charge in [0.15, 0.2) is 0 Å². The number of nitrogens with zero attached hydrogens (tertiary/aromatic N) is 1. The first-order valence-electron chi connectivity index (χ1n) is 5.66. The van der Waals surface area contributed by atoms with Gasteiger partial charge in [-0.05, 0) is 24.6 Å². The van der Waals surface area contributed by atoms with Crippen molar-refractivity contribution in [1.82, 2.24) is 0 Å². The van der Waals surface area contributed by atoms with Crippen molar-refractivity contribution in [1.29, 1.82) is 5.26 Å². The van der Waals surface area contributed by atoms with Crippen LogP contribution in [0.3, 0.4) is 0 Å². The Morgan fingerprint density at radius 2 is 1.95 bits per heavy atom. The molecule has 19 heavy (non-hydrogen) atoms. The molecule has 0 aliphatic heterocycles. The van der Waals surface area contributed by atoms with Crippen molar-refractivity contribution in [2.75, 3.05) is 22.1 Å². The normalized spacial score (nSPS) is 9.53. The third-order valence-electron chi connectivity index (χ3n) is 2.32. The lowest BCUT2D eigenvalue weighted by atomic mass is 10.1. The van der Waals surface area contributed by atoms with Crippen LogP contribution >= 0.6 is 11.8 Å². The Labute approximate surface area is 116 Å². The molecule has 0 saturated heterocycles. The average Bonchev–Trinajstić information content (AvgIpc) is 2.34. The highest BCUT2D eigenvalue weighted by atomic mass is 32.2. The molecule has 0 fully saturated rings. The average molecular weight is 277 g/mol. The number of thioether (sulfide) groups is 1. The van der Waals surface area contributed by atoms with Crippen LogP contribution < -0.4 is 10.6 Å². The molecule has 0 saturated carbocycles. The van der Waals surface area contributed by atoms with Gasteiger partial charge in [-0.3, -0.25) is 9.59 Å². The van der Waals surface area contributed by atoms with E-state index in [1.165, 1.54) is 18.7 Å². The molecule has 0 aliphatic carbocycles. The smallest absolute Gasteiger partial charge is 0.234 e. The molecule has 0 aromatic heterocycles. The number of hydrogen-bond donors (Lipinski definition) is 2. The first-order chi connectivity index (χ1) is 9.04. The lowest BCUT2D eigenvalue weighted by molar-refractivity contribution is -0.114. The van der Waals surface area contributed by atoms with Crippen LogP contribution in [0.15, 0.2) is 18.2 Å². The van der Waals surface area contributed by atoms with Crippen LogP contribution in [-0.2, 0) is 9.59 Å². The Balaban J connectivity index is 2.71. The topological polar surface area (TPSA) is 82.0 Å². The molecule has 5 nitrogen and oxygen atoms in total. The van der Waals surface area contributed by atoms with E-state index in [0.29, 0.717) is 17.1 Å². The Bertz CT molecular complexity index is 523. The summed E-state index contributed by atoms with van der Waals surface area (Å²) in [5, 5.41) is 13.9. The zero-order chi connectivity index (χ0) is 14.3. The van der Waals surface area contributed by atoms with E-state index in [0.717, 1.165) is 5.56 Å². The van der Waals surface area contributed by atoms with E-state index in [1.54, 1.807) is 18.2 Å². The molecule has 0 radical (unpaired) electrons. The molecule has 1 aromatic carbocycles. The summed E-state index contributed by atoms with van der Waals surface area (Å²) >= 11 is 1.26. The van der Waals surface area contributed by atoms with Crippen LogP contribution in [-0.4, -0.2) is 23.3 Å². The zero-order valence-corrected chi connectivity index (χ0v) is 11.6. The number of anilines is 2. The summed E-state index contributed by atoms with van der Waals surface area (Å²) < 4.78 is 0. The van der Waals surface area contributed by atoms with E-state index in [9.17, 15) is 9.59 Å². The fourth-order valence-corrected chi connectivity index (χ4v) is 1.92. The van der Waals surface area contributed by atoms with Crippen LogP contribution in [0, 0.1) is 18.3 Å². The van der Waals surface area contributed by atoms with Crippen LogP contribution in [0.2, 0.25) is 0 Å². The summed E-state index contributed by atoms with van der Waals surface area (Å²) in [4.78, 5) is 22.7. The van der Waals surface area contributed by atoms with Crippen molar-refractivity contribution in [2.24, 2.45) is 0 Å². The quantitative estimate of drug-likeness (QED) is 0.808. The molecular weight excluding hydrogens is 262 g/mol. The monoisotopic (exact) mass is 277 g/mol. The number of benzene rings is 1. The fraction of sp³-hybridized carbons (Fsp3) is 0.308. The first kappa shape index (κ1) is 15.1. The highest BCUT2D eigenvalue weighted by Gasteiger charge is 2.08. The maximum Gasteiger partial charge on any atom is 0.234 e. The lowest BCUT2D eigenvalue weighted by Gasteiger charge is -2.12. The first-order valence-corrected chi connectivity index (χ1v) is 6.82. The van der Waals surface area contributed by atoms with Crippen LogP contribution in [0.5, 0.6) is 0 Å². The summed E-state index contributed by atoms with van der Waals surface area (Å²) in [5.74, 6) is 0.204. The summed E-state index contributed by atoms with van der Waals surface area (Å²) in [6.45, 7) is 3.26. The lowest BCUT2D eigenvalue weighted by Crippen LogP contribution is -2.16. The number of amides is 2. The zero-order valence-electron chi connectivity index (χ0n) is 10.8. The summed E-state index contributed by atoms with van der Waals surface area (Å²) in [6.07, 6.45) is 0. The van der Waals surface area contributed by atoms with Crippen LogP contribution in [0.4, 0.5) is 11.4 Å². The van der Waals surface area contributed by atoms with E-state index < -0.39 is 0 Å². The molecule has 0 unspecified atom stereocenters. The molecule has 0 spiro atoms. The molecule has 0 heterocycles. The van der Waals surface area contributed by atoms with Crippen molar-refractivity contribution in [3.05, 3.63) is 23.8 Å². The second-order valence-corrected chi connectivity index (χ2v) is 4.84. The van der Waals surface area contributed by atoms with Gasteiger partial charge in [0.05, 0.1) is 17.6 Å². The third-order valence-corrected chi connectivity index (χ3v) is 3.12. The van der Waals surface area contributed by atoms with Crippen LogP contribution in [0.25, 0.3) is 0 Å². The predicted octanol–water partition coefficient (Wildman–Crippen LogP) is 2.15. The van der Waals surface area contributed by atoms with Gasteiger partial charge in [0.25, 0.3) is 0 Å². The van der Waals surface area contributed by atoms with Gasteiger partial charge in [0.1, 0.15) is 0 Å². The highest BCUT2D eigenvalue weighted by molar-refractivity contribution is 8.00. The van der Waals surface area contributed by atoms with Gasteiger partial charge in [0.2, 0.25) is 11.8 Å². The maximum atomic E-state index is 11.6. The second-order valence-electron chi connectivity index (χ2n) is 3.86. The van der Waals surface area contributed by atoms with Crippen LogP contribution in [0.1, 0.15) is 12.5 Å². The molecule has 2 N–H and O–H groups in total. The molecule has 1 rings (SSSR count). The summed E-state index contributed by atoms with van der Waals surface area (Å²) in [6, 6.07) is 7.27. The van der Waals surface area contributed by atoms with Crippen molar-refractivity contribution in [2.45, 2.75) is 13.8 Å². The molecule has 0 bridgehead atoms. The molecule has 2 amide bonds. The Morgan fingerprint density at radius 1 is 1.32 bits per heavy atom. The van der Waals surface area contributed by atoms with Crippen molar-refractivity contribution in [3.8, 4) is 6.07 Å². The van der Waals surface area contributed by atoms with Crippen molar-refractivity contribution >= 4 is 35.0 Å². The number of hydrogen-bond acceptors (Lipinski definition) is 4. The van der Waals surface area contributed by atoms with Gasteiger partial charge in [-0.1, -0.05) is 6.07 Å². The Morgan fingerprint density at radius 3 is 2.53 bits per heavy atom. The van der Waals surface area contributed by atoms with Gasteiger partial charge >= 0.3 is 0 Å². The molecule has 100 valence electrons. The van der Waals surface area contributed by atoms with Gasteiger partial charge in [-0.2, -0.15) is 5.26 Å². The number of nitriles is 1. The second kappa shape index (κ2) is 7.44. The van der Waals surface area contributed by atoms with Gasteiger partial charge in [-0.15, -0.1) is 11.8 Å². The van der Waals surface area contributed by atoms with Crippen molar-refractivity contribution in [3.63, 3.8) is 0 Å². The minimum absolute atomic E-state index is 0.156. The van der Waals surface area contributed by atoms with E-state index in [2.05, 4.69) is 10.6 Å². The molecule has 0 aliphatic rings. The minimum Gasteiger partial charge on any atom is -0.326 e. The SMILES string of the molecule is CC(=O)Nc1cccc(NC(=O)CSCC#N)c1C. The van der Waals surface area contributed by atoms with E-state index in [1.807, 2.05) is 13.0 Å². The molecule has 6 heteroatoms. The molecule has 0 atom stereocenters. The largest absolute Gasteiger partial charge is 0.326 e. The van der Waals surface area contributed by atoms with Crippen molar-refractivity contribution < 1.29 is 9.59 Å². The van der Waals surface area contributed by atoms with Gasteiger partial charge in [0, 0.05) is 18.3 Å². The standard InChI is InChI=1S/C13H15N3O2S/c1-9-11(15-10(2)17)4-3-5-12(9)16-13(18)8-19-7-6-14/h3-5H,7-8H2,1-2H3,(H,15,17)(H,16,18). The Kier molecular flexibility index (Phi) is 5.90. The van der Waals surface area contributed by atoms with E-state index in [-0.39, 0.29) is 17.6 Å². The van der Waals surface area contributed by atoms with E-state index in [4.69, 9.17) is 5.26 Å². The predicted molar refractivity (Wildman–Crippen MR) is 77.1 cm³/mol. The molecule has 1 aromatic rings. The number of carbonyl (C=O) groups is 2. The number of carbonyl (C=O) groups excluding carboxylic acids is 2. The van der Waals surface area contributed by atoms with Gasteiger partial charge in [-0.25, -0.2) is 0 Å². The third kappa shape index (κ3) is 5.02. The summed E-state index contributed by atoms with van der Waals surface area (Å²) in [7, 11) is 0. The number of rotatable bonds is 5. The fourth-order valence-electron chi connectivity index (χ4n) is 1.47. The summed E-state index contributed by atoms with van der Waals surface area (Å²) in [5.41, 5.74) is 2.14. The van der Waals surface area contributed by atoms with E-state index >= 15 is 0 Å². The minimum atomic E-state index is -0.164. The number of nitrogens with one attached hydrogen (secondary N) is 2. The highest BCUT2D eigenvalue weighted by Crippen LogP contribution is 2.23. The maximum absolute atomic E-state index is 11.6. The Hall–Kier alpha value is -2.00.